The van der Waals surface area contributed by atoms with E-state index in [9.17, 15) is 4.79 Å². The molecule has 2 aromatic rings. The summed E-state index contributed by atoms with van der Waals surface area (Å²) in [6.45, 7) is 6.14. The van der Waals surface area contributed by atoms with Crippen molar-refractivity contribution in [2.75, 3.05) is 6.61 Å². The Balaban J connectivity index is 2.13. The topological polar surface area (TPSA) is 67.9 Å². The van der Waals surface area contributed by atoms with E-state index in [1.807, 2.05) is 37.3 Å². The number of hydrogen-bond donors (Lipinski definition) is 0. The van der Waals surface area contributed by atoms with Crippen LogP contribution in [0.15, 0.2) is 29.1 Å². The van der Waals surface area contributed by atoms with Crippen LogP contribution in [0, 0.1) is 32.1 Å². The minimum atomic E-state index is -0.367. The number of hydrogen-bond acceptors (Lipinski definition) is 4. The van der Waals surface area contributed by atoms with Crippen LogP contribution >= 0.6 is 0 Å². The molecule has 0 atom stereocenters. The number of rotatable bonds is 4. The summed E-state index contributed by atoms with van der Waals surface area (Å²) in [6, 6.07) is 9.64. The monoisotopic (exact) mass is 283 g/mol. The SMILES string of the molecule is Cc1cccc(OCCn2nc(C)c(C)c(C#N)c2=O)c1. The molecule has 0 amide bonds. The van der Waals surface area contributed by atoms with Crippen molar-refractivity contribution in [1.29, 1.82) is 5.26 Å². The fourth-order valence-corrected chi connectivity index (χ4v) is 2.01. The summed E-state index contributed by atoms with van der Waals surface area (Å²) in [5, 5.41) is 13.3. The van der Waals surface area contributed by atoms with Crippen molar-refractivity contribution in [1.82, 2.24) is 9.78 Å². The summed E-state index contributed by atoms with van der Waals surface area (Å²) in [5.41, 5.74) is 2.22. The van der Waals surface area contributed by atoms with E-state index in [1.165, 1.54) is 4.68 Å². The first kappa shape index (κ1) is 14.8. The summed E-state index contributed by atoms with van der Waals surface area (Å²) in [6.07, 6.45) is 0. The van der Waals surface area contributed by atoms with Crippen LogP contribution in [0.1, 0.15) is 22.4 Å². The molecule has 0 saturated heterocycles. The molecule has 1 aromatic heterocycles. The van der Waals surface area contributed by atoms with E-state index in [1.54, 1.807) is 13.8 Å². The lowest BCUT2D eigenvalue weighted by Gasteiger charge is -2.10. The van der Waals surface area contributed by atoms with E-state index >= 15 is 0 Å². The maximum absolute atomic E-state index is 12.1. The average molecular weight is 283 g/mol. The van der Waals surface area contributed by atoms with Crippen molar-refractivity contribution >= 4 is 0 Å². The normalized spacial score (nSPS) is 10.2. The molecule has 0 aliphatic heterocycles. The molecule has 5 heteroatoms. The van der Waals surface area contributed by atoms with E-state index in [2.05, 4.69) is 5.10 Å². The third-order valence-corrected chi connectivity index (χ3v) is 3.31. The van der Waals surface area contributed by atoms with Crippen LogP contribution in [-0.2, 0) is 6.54 Å². The van der Waals surface area contributed by atoms with Crippen LogP contribution < -0.4 is 10.3 Å². The van der Waals surface area contributed by atoms with Crippen LogP contribution in [0.4, 0.5) is 0 Å². The summed E-state index contributed by atoms with van der Waals surface area (Å²) in [5.74, 6) is 0.757. The van der Waals surface area contributed by atoms with Crippen LogP contribution in [0.3, 0.4) is 0 Å². The van der Waals surface area contributed by atoms with Crippen LogP contribution in [0.5, 0.6) is 5.75 Å². The van der Waals surface area contributed by atoms with Gasteiger partial charge < -0.3 is 4.74 Å². The van der Waals surface area contributed by atoms with Gasteiger partial charge in [0.2, 0.25) is 0 Å². The number of nitriles is 1. The van der Waals surface area contributed by atoms with Gasteiger partial charge in [0, 0.05) is 0 Å². The standard InChI is InChI=1S/C16H17N3O2/c1-11-5-4-6-14(9-11)21-8-7-19-16(20)15(10-17)12(2)13(3)18-19/h4-6,9H,7-8H2,1-3H3. The van der Waals surface area contributed by atoms with Gasteiger partial charge in [-0.15, -0.1) is 0 Å². The lowest BCUT2D eigenvalue weighted by Crippen LogP contribution is -2.29. The van der Waals surface area contributed by atoms with Crippen molar-refractivity contribution < 1.29 is 4.74 Å². The second-order valence-corrected chi connectivity index (χ2v) is 4.89. The quantitative estimate of drug-likeness (QED) is 0.862. The third-order valence-electron chi connectivity index (χ3n) is 3.31. The van der Waals surface area contributed by atoms with E-state index in [0.29, 0.717) is 24.4 Å². The summed E-state index contributed by atoms with van der Waals surface area (Å²) >= 11 is 0. The highest BCUT2D eigenvalue weighted by atomic mass is 16.5. The molecule has 0 N–H and O–H groups in total. The van der Waals surface area contributed by atoms with Gasteiger partial charge in [0.15, 0.2) is 0 Å². The Morgan fingerprint density at radius 1 is 1.33 bits per heavy atom. The van der Waals surface area contributed by atoms with Gasteiger partial charge in [-0.3, -0.25) is 4.79 Å². The average Bonchev–Trinajstić information content (AvgIpc) is 2.45. The molecule has 0 fully saturated rings. The van der Waals surface area contributed by atoms with Crippen molar-refractivity contribution in [2.45, 2.75) is 27.3 Å². The lowest BCUT2D eigenvalue weighted by atomic mass is 10.1. The van der Waals surface area contributed by atoms with Gasteiger partial charge in [-0.1, -0.05) is 12.1 Å². The van der Waals surface area contributed by atoms with Crippen molar-refractivity contribution in [2.24, 2.45) is 0 Å². The lowest BCUT2D eigenvalue weighted by molar-refractivity contribution is 0.287. The van der Waals surface area contributed by atoms with E-state index in [0.717, 1.165) is 11.3 Å². The highest BCUT2D eigenvalue weighted by molar-refractivity contribution is 5.36. The highest BCUT2D eigenvalue weighted by Crippen LogP contribution is 2.12. The van der Waals surface area contributed by atoms with Gasteiger partial charge in [0.05, 0.1) is 12.2 Å². The molecular weight excluding hydrogens is 266 g/mol. The number of nitrogens with zero attached hydrogens (tertiary/aromatic N) is 3. The van der Waals surface area contributed by atoms with Gasteiger partial charge in [-0.05, 0) is 44.0 Å². The second-order valence-electron chi connectivity index (χ2n) is 4.89. The molecule has 0 saturated carbocycles. The Hall–Kier alpha value is -2.61. The zero-order chi connectivity index (χ0) is 15.4. The van der Waals surface area contributed by atoms with Gasteiger partial charge in [-0.2, -0.15) is 10.4 Å². The Bertz CT molecular complexity index is 757. The Morgan fingerprint density at radius 2 is 2.10 bits per heavy atom. The Kier molecular flexibility index (Phi) is 4.39. The molecule has 0 bridgehead atoms. The number of ether oxygens (including phenoxy) is 1. The first-order valence-corrected chi connectivity index (χ1v) is 6.71. The zero-order valence-electron chi connectivity index (χ0n) is 12.4. The summed E-state index contributed by atoms with van der Waals surface area (Å²) in [7, 11) is 0. The van der Waals surface area contributed by atoms with E-state index in [-0.39, 0.29) is 11.1 Å². The van der Waals surface area contributed by atoms with E-state index < -0.39 is 0 Å². The highest BCUT2D eigenvalue weighted by Gasteiger charge is 2.11. The van der Waals surface area contributed by atoms with Crippen LogP contribution in [0.2, 0.25) is 0 Å². The fraction of sp³-hybridized carbons (Fsp3) is 0.312. The van der Waals surface area contributed by atoms with Gasteiger partial charge in [0.1, 0.15) is 24.0 Å². The molecule has 0 spiro atoms. The maximum Gasteiger partial charge on any atom is 0.285 e. The third kappa shape index (κ3) is 3.29. The molecule has 2 rings (SSSR count). The van der Waals surface area contributed by atoms with Crippen molar-refractivity contribution in [3.63, 3.8) is 0 Å². The molecule has 1 aromatic carbocycles. The van der Waals surface area contributed by atoms with Gasteiger partial charge >= 0.3 is 0 Å². The first-order chi connectivity index (χ1) is 10.0. The molecular formula is C16H17N3O2. The molecule has 0 aliphatic rings. The Labute approximate surface area is 123 Å². The largest absolute Gasteiger partial charge is 0.492 e. The van der Waals surface area contributed by atoms with Crippen molar-refractivity contribution in [3.05, 3.63) is 57.0 Å². The molecule has 0 unspecified atom stereocenters. The fourth-order valence-electron chi connectivity index (χ4n) is 2.01. The smallest absolute Gasteiger partial charge is 0.285 e. The zero-order valence-corrected chi connectivity index (χ0v) is 12.4. The van der Waals surface area contributed by atoms with Gasteiger partial charge in [0.25, 0.3) is 5.56 Å². The summed E-state index contributed by atoms with van der Waals surface area (Å²) < 4.78 is 6.90. The van der Waals surface area contributed by atoms with Crippen LogP contribution in [0.25, 0.3) is 0 Å². The predicted octanol–water partition coefficient (Wildman–Crippen LogP) is 2.12. The number of aromatic nitrogens is 2. The predicted molar refractivity (Wildman–Crippen MR) is 79.4 cm³/mol. The molecule has 0 aliphatic carbocycles. The van der Waals surface area contributed by atoms with E-state index in [4.69, 9.17) is 10.00 Å². The number of benzene rings is 1. The van der Waals surface area contributed by atoms with Crippen molar-refractivity contribution in [3.8, 4) is 11.8 Å². The molecule has 21 heavy (non-hydrogen) atoms. The minimum absolute atomic E-state index is 0.151. The van der Waals surface area contributed by atoms with Gasteiger partial charge in [-0.25, -0.2) is 4.68 Å². The second kappa shape index (κ2) is 6.23. The Morgan fingerprint density at radius 3 is 2.76 bits per heavy atom. The molecule has 108 valence electrons. The number of aryl methyl sites for hydroxylation is 2. The molecule has 0 radical (unpaired) electrons. The molecule has 5 nitrogen and oxygen atoms in total. The molecule has 1 heterocycles. The maximum atomic E-state index is 12.1. The van der Waals surface area contributed by atoms with Crippen LogP contribution in [-0.4, -0.2) is 16.4 Å². The summed E-state index contributed by atoms with van der Waals surface area (Å²) in [4.78, 5) is 12.1. The first-order valence-electron chi connectivity index (χ1n) is 6.71. The minimum Gasteiger partial charge on any atom is -0.492 e.